The van der Waals surface area contributed by atoms with Gasteiger partial charge in [0.1, 0.15) is 5.75 Å². The van der Waals surface area contributed by atoms with E-state index in [1.807, 2.05) is 25.4 Å². The summed E-state index contributed by atoms with van der Waals surface area (Å²) in [5, 5.41) is 3.37. The number of halogens is 1. The highest BCUT2D eigenvalue weighted by molar-refractivity contribution is 9.10. The zero-order chi connectivity index (χ0) is 15.4. The molecular weight excluding hydrogens is 328 g/mol. The molecule has 0 bridgehead atoms. The Hall–Kier alpha value is -1.39. The Kier molecular flexibility index (Phi) is 5.37. The number of methoxy groups -OCH3 is 1. The summed E-state index contributed by atoms with van der Waals surface area (Å²) in [4.78, 5) is 4.61. The van der Waals surface area contributed by atoms with Gasteiger partial charge in [0.25, 0.3) is 0 Å². The summed E-state index contributed by atoms with van der Waals surface area (Å²) in [6.45, 7) is 4.18. The number of ether oxygens (including phenoxy) is 1. The summed E-state index contributed by atoms with van der Waals surface area (Å²) in [5.41, 5.74) is 4.70. The molecule has 21 heavy (non-hydrogen) atoms. The van der Waals surface area contributed by atoms with Gasteiger partial charge in [-0.1, -0.05) is 22.0 Å². The van der Waals surface area contributed by atoms with Crippen molar-refractivity contribution in [1.82, 2.24) is 10.3 Å². The maximum absolute atomic E-state index is 5.31. The lowest BCUT2D eigenvalue weighted by molar-refractivity contribution is 0.413. The number of likely N-dealkylation sites (N-methyl/N-ethyl adjacent to an activating group) is 1. The number of nitrogens with zero attached hydrogens (tertiary/aromatic N) is 1. The van der Waals surface area contributed by atoms with E-state index >= 15 is 0 Å². The number of hydrogen-bond donors (Lipinski definition) is 1. The second-order valence-electron chi connectivity index (χ2n) is 5.22. The maximum Gasteiger partial charge on any atom is 0.119 e. The van der Waals surface area contributed by atoms with Crippen LogP contribution in [0.25, 0.3) is 0 Å². The van der Waals surface area contributed by atoms with Crippen LogP contribution in [0.4, 0.5) is 0 Å². The molecule has 1 unspecified atom stereocenters. The lowest BCUT2D eigenvalue weighted by atomic mass is 9.99. The van der Waals surface area contributed by atoms with Crippen molar-refractivity contribution in [1.29, 1.82) is 0 Å². The van der Waals surface area contributed by atoms with E-state index < -0.39 is 0 Å². The van der Waals surface area contributed by atoms with Crippen molar-refractivity contribution < 1.29 is 4.74 Å². The minimum atomic E-state index is 0.175. The lowest BCUT2D eigenvalue weighted by Gasteiger charge is -2.19. The molecule has 0 aliphatic carbocycles. The molecule has 0 amide bonds. The summed E-state index contributed by atoms with van der Waals surface area (Å²) in [5.74, 6) is 0.872. The van der Waals surface area contributed by atoms with E-state index in [1.54, 1.807) is 7.11 Å². The van der Waals surface area contributed by atoms with Crippen LogP contribution < -0.4 is 10.1 Å². The van der Waals surface area contributed by atoms with Gasteiger partial charge in [-0.25, -0.2) is 0 Å². The number of rotatable bonds is 5. The van der Waals surface area contributed by atoms with E-state index in [0.29, 0.717) is 0 Å². The number of hydrogen-bond acceptors (Lipinski definition) is 3. The molecule has 0 fully saturated rings. The standard InChI is InChI=1S/C17H21BrN2O/c1-11-7-12(2)17(20-10-11)16(19-3)9-13-8-14(21-4)5-6-15(13)18/h5-8,10,16,19H,9H2,1-4H3. The van der Waals surface area contributed by atoms with Crippen LogP contribution in [-0.2, 0) is 6.42 Å². The van der Waals surface area contributed by atoms with E-state index in [0.717, 1.165) is 22.3 Å². The third kappa shape index (κ3) is 3.83. The van der Waals surface area contributed by atoms with Crippen LogP contribution in [-0.4, -0.2) is 19.1 Å². The molecule has 1 N–H and O–H groups in total. The van der Waals surface area contributed by atoms with E-state index in [9.17, 15) is 0 Å². The molecule has 112 valence electrons. The van der Waals surface area contributed by atoms with Gasteiger partial charge >= 0.3 is 0 Å². The van der Waals surface area contributed by atoms with Crippen molar-refractivity contribution in [2.75, 3.05) is 14.2 Å². The largest absolute Gasteiger partial charge is 0.497 e. The highest BCUT2D eigenvalue weighted by Crippen LogP contribution is 2.27. The SMILES string of the molecule is CNC(Cc1cc(OC)ccc1Br)c1ncc(C)cc1C. The van der Waals surface area contributed by atoms with Crippen molar-refractivity contribution in [2.45, 2.75) is 26.3 Å². The second kappa shape index (κ2) is 7.05. The Bertz CT molecular complexity index is 628. The predicted molar refractivity (Wildman–Crippen MR) is 89.9 cm³/mol. The molecule has 1 atom stereocenters. The van der Waals surface area contributed by atoms with E-state index in [-0.39, 0.29) is 6.04 Å². The maximum atomic E-state index is 5.31. The van der Waals surface area contributed by atoms with Gasteiger partial charge in [0, 0.05) is 10.7 Å². The van der Waals surface area contributed by atoms with Crippen LogP contribution in [0.2, 0.25) is 0 Å². The zero-order valence-electron chi connectivity index (χ0n) is 12.9. The van der Waals surface area contributed by atoms with Crippen molar-refractivity contribution in [3.63, 3.8) is 0 Å². The molecule has 1 heterocycles. The van der Waals surface area contributed by atoms with E-state index in [1.165, 1.54) is 16.7 Å². The average molecular weight is 349 g/mol. The van der Waals surface area contributed by atoms with Gasteiger partial charge in [-0.15, -0.1) is 0 Å². The van der Waals surface area contributed by atoms with Gasteiger partial charge < -0.3 is 10.1 Å². The Labute approximate surface area is 134 Å². The van der Waals surface area contributed by atoms with Crippen molar-refractivity contribution in [3.05, 3.63) is 57.3 Å². The summed E-state index contributed by atoms with van der Waals surface area (Å²) < 4.78 is 6.40. The van der Waals surface area contributed by atoms with Gasteiger partial charge in [0.2, 0.25) is 0 Å². The molecule has 4 heteroatoms. The molecule has 2 rings (SSSR count). The Morgan fingerprint density at radius 3 is 2.67 bits per heavy atom. The lowest BCUT2D eigenvalue weighted by Crippen LogP contribution is -2.21. The van der Waals surface area contributed by atoms with Crippen LogP contribution in [0.1, 0.15) is 28.4 Å². The first kappa shape index (κ1) is 16.0. The first-order chi connectivity index (χ1) is 10.0. The highest BCUT2D eigenvalue weighted by Gasteiger charge is 2.16. The summed E-state index contributed by atoms with van der Waals surface area (Å²) in [7, 11) is 3.66. The van der Waals surface area contributed by atoms with Crippen LogP contribution in [0.5, 0.6) is 5.75 Å². The Morgan fingerprint density at radius 2 is 2.05 bits per heavy atom. The number of aromatic nitrogens is 1. The van der Waals surface area contributed by atoms with Gasteiger partial charge in [-0.05, 0) is 62.2 Å². The predicted octanol–water partition coefficient (Wildman–Crippen LogP) is 3.97. The topological polar surface area (TPSA) is 34.1 Å². The van der Waals surface area contributed by atoms with Crippen LogP contribution >= 0.6 is 15.9 Å². The minimum Gasteiger partial charge on any atom is -0.497 e. The normalized spacial score (nSPS) is 12.2. The zero-order valence-corrected chi connectivity index (χ0v) is 14.5. The molecule has 0 saturated carbocycles. The van der Waals surface area contributed by atoms with Crippen molar-refractivity contribution in [3.8, 4) is 5.75 Å². The fourth-order valence-corrected chi connectivity index (χ4v) is 2.89. The third-order valence-electron chi connectivity index (χ3n) is 3.61. The molecule has 0 saturated heterocycles. The van der Waals surface area contributed by atoms with Gasteiger partial charge in [0.05, 0.1) is 18.8 Å². The summed E-state index contributed by atoms with van der Waals surface area (Å²) in [6, 6.07) is 8.40. The molecule has 0 aliphatic heterocycles. The molecule has 3 nitrogen and oxygen atoms in total. The fraction of sp³-hybridized carbons (Fsp3) is 0.353. The number of benzene rings is 1. The molecule has 0 aliphatic rings. The minimum absolute atomic E-state index is 0.175. The molecule has 2 aromatic rings. The summed E-state index contributed by atoms with van der Waals surface area (Å²) >= 11 is 3.62. The van der Waals surface area contributed by atoms with Crippen molar-refractivity contribution in [2.24, 2.45) is 0 Å². The van der Waals surface area contributed by atoms with Crippen LogP contribution in [0.3, 0.4) is 0 Å². The second-order valence-corrected chi connectivity index (χ2v) is 6.07. The first-order valence-electron chi connectivity index (χ1n) is 6.98. The molecule has 0 radical (unpaired) electrons. The molecule has 1 aromatic carbocycles. The first-order valence-corrected chi connectivity index (χ1v) is 7.77. The van der Waals surface area contributed by atoms with Gasteiger partial charge in [-0.2, -0.15) is 0 Å². The van der Waals surface area contributed by atoms with Crippen LogP contribution in [0.15, 0.2) is 34.9 Å². The van der Waals surface area contributed by atoms with Crippen molar-refractivity contribution >= 4 is 15.9 Å². The monoisotopic (exact) mass is 348 g/mol. The van der Waals surface area contributed by atoms with E-state index in [2.05, 4.69) is 52.2 Å². The summed E-state index contributed by atoms with van der Waals surface area (Å²) in [6.07, 6.45) is 2.78. The Balaban J connectivity index is 2.30. The fourth-order valence-electron chi connectivity index (χ4n) is 2.48. The van der Waals surface area contributed by atoms with E-state index in [4.69, 9.17) is 4.74 Å². The van der Waals surface area contributed by atoms with Gasteiger partial charge in [-0.3, -0.25) is 4.98 Å². The molecule has 0 spiro atoms. The smallest absolute Gasteiger partial charge is 0.119 e. The van der Waals surface area contributed by atoms with Crippen LogP contribution in [0, 0.1) is 13.8 Å². The average Bonchev–Trinajstić information content (AvgIpc) is 2.47. The van der Waals surface area contributed by atoms with Gasteiger partial charge in [0.15, 0.2) is 0 Å². The number of nitrogens with one attached hydrogen (secondary N) is 1. The highest BCUT2D eigenvalue weighted by atomic mass is 79.9. The number of pyridine rings is 1. The number of aryl methyl sites for hydroxylation is 2. The quantitative estimate of drug-likeness (QED) is 0.887. The Morgan fingerprint density at radius 1 is 1.29 bits per heavy atom. The third-order valence-corrected chi connectivity index (χ3v) is 4.38. The molecular formula is C17H21BrN2O. The molecule has 1 aromatic heterocycles.